The van der Waals surface area contributed by atoms with Gasteiger partial charge in [-0.1, -0.05) is 30.3 Å². The average molecular weight is 312 g/mol. The number of piperazine rings is 1. The molecule has 0 spiro atoms. The van der Waals surface area contributed by atoms with Crippen molar-refractivity contribution in [2.24, 2.45) is 7.05 Å². The van der Waals surface area contributed by atoms with Gasteiger partial charge in [0, 0.05) is 38.8 Å². The number of nitrogens with zero attached hydrogens (tertiary/aromatic N) is 4. The Labute approximate surface area is 135 Å². The second-order valence-corrected chi connectivity index (χ2v) is 5.94. The van der Waals surface area contributed by atoms with Crippen LogP contribution in [0, 0.1) is 0 Å². The number of carbonyl (C=O) groups excluding carboxylic acids is 2. The molecule has 1 aliphatic heterocycles. The fraction of sp³-hybridized carbons (Fsp3) is 0.353. The standard InChI is InChI=1S/C17H20N4O2/c1-19-12-16(22)21(11-14-9-18-20(2)10-14)15(17(19)23)8-13-6-4-3-5-7-13/h3-7,9-10,15H,8,11-12H2,1-2H3/t15-/m0/s1. The first-order valence-corrected chi connectivity index (χ1v) is 7.60. The minimum Gasteiger partial charge on any atom is -0.335 e. The molecule has 1 fully saturated rings. The molecule has 0 aliphatic carbocycles. The third-order valence-corrected chi connectivity index (χ3v) is 4.11. The Balaban J connectivity index is 1.85. The molecule has 2 aromatic rings. The van der Waals surface area contributed by atoms with Crippen molar-refractivity contribution < 1.29 is 9.59 Å². The maximum Gasteiger partial charge on any atom is 0.245 e. The molecule has 0 radical (unpaired) electrons. The highest BCUT2D eigenvalue weighted by atomic mass is 16.2. The smallest absolute Gasteiger partial charge is 0.245 e. The van der Waals surface area contributed by atoms with Gasteiger partial charge in [0.25, 0.3) is 0 Å². The van der Waals surface area contributed by atoms with E-state index in [1.165, 1.54) is 4.90 Å². The Kier molecular flexibility index (Phi) is 4.14. The minimum atomic E-state index is -0.469. The van der Waals surface area contributed by atoms with Gasteiger partial charge in [0.2, 0.25) is 11.8 Å². The molecule has 6 nitrogen and oxygen atoms in total. The van der Waals surface area contributed by atoms with E-state index in [9.17, 15) is 9.59 Å². The summed E-state index contributed by atoms with van der Waals surface area (Å²) in [4.78, 5) is 28.2. The summed E-state index contributed by atoms with van der Waals surface area (Å²) in [6, 6.07) is 9.32. The first kappa shape index (κ1) is 15.3. The highest BCUT2D eigenvalue weighted by Gasteiger charge is 2.37. The van der Waals surface area contributed by atoms with Crippen LogP contribution < -0.4 is 0 Å². The molecule has 1 aliphatic rings. The number of amides is 2. The summed E-state index contributed by atoms with van der Waals surface area (Å²) >= 11 is 0. The lowest BCUT2D eigenvalue weighted by Gasteiger charge is -2.38. The number of hydrogen-bond acceptors (Lipinski definition) is 3. The summed E-state index contributed by atoms with van der Waals surface area (Å²) in [5, 5.41) is 4.13. The van der Waals surface area contributed by atoms with Crippen LogP contribution in [-0.4, -0.2) is 51.0 Å². The van der Waals surface area contributed by atoms with Crippen molar-refractivity contribution >= 4 is 11.8 Å². The van der Waals surface area contributed by atoms with Crippen molar-refractivity contribution in [2.75, 3.05) is 13.6 Å². The number of aryl methyl sites for hydroxylation is 1. The maximum atomic E-state index is 12.6. The molecule has 6 heteroatoms. The van der Waals surface area contributed by atoms with Crippen LogP contribution in [0.25, 0.3) is 0 Å². The summed E-state index contributed by atoms with van der Waals surface area (Å²) in [5.41, 5.74) is 1.97. The monoisotopic (exact) mass is 312 g/mol. The summed E-state index contributed by atoms with van der Waals surface area (Å²) in [5.74, 6) is -0.0470. The van der Waals surface area contributed by atoms with Crippen molar-refractivity contribution in [3.8, 4) is 0 Å². The van der Waals surface area contributed by atoms with Gasteiger partial charge in [0.1, 0.15) is 6.04 Å². The summed E-state index contributed by atoms with van der Waals surface area (Å²) < 4.78 is 1.70. The van der Waals surface area contributed by atoms with Crippen molar-refractivity contribution in [3.05, 3.63) is 53.9 Å². The fourth-order valence-corrected chi connectivity index (χ4v) is 2.92. The highest BCUT2D eigenvalue weighted by Crippen LogP contribution is 2.19. The van der Waals surface area contributed by atoms with E-state index in [2.05, 4.69) is 5.10 Å². The Morgan fingerprint density at radius 3 is 2.52 bits per heavy atom. The molecule has 1 aromatic carbocycles. The molecule has 2 heterocycles. The van der Waals surface area contributed by atoms with E-state index < -0.39 is 6.04 Å². The topological polar surface area (TPSA) is 58.4 Å². The molecule has 0 unspecified atom stereocenters. The van der Waals surface area contributed by atoms with Gasteiger partial charge in [-0.2, -0.15) is 5.10 Å². The number of likely N-dealkylation sites (N-methyl/N-ethyl adjacent to an activating group) is 1. The number of benzene rings is 1. The second-order valence-electron chi connectivity index (χ2n) is 5.94. The first-order chi connectivity index (χ1) is 11.0. The molecule has 2 amide bonds. The summed E-state index contributed by atoms with van der Waals surface area (Å²) in [7, 11) is 3.52. The fourth-order valence-electron chi connectivity index (χ4n) is 2.92. The van der Waals surface area contributed by atoms with Crippen LogP contribution in [-0.2, 0) is 29.6 Å². The van der Waals surface area contributed by atoms with Gasteiger partial charge in [-0.05, 0) is 5.56 Å². The third-order valence-electron chi connectivity index (χ3n) is 4.11. The maximum absolute atomic E-state index is 12.6. The lowest BCUT2D eigenvalue weighted by molar-refractivity contribution is -0.155. The van der Waals surface area contributed by atoms with Crippen LogP contribution in [0.5, 0.6) is 0 Å². The normalized spacial score (nSPS) is 18.6. The van der Waals surface area contributed by atoms with Crippen LogP contribution in [0.1, 0.15) is 11.1 Å². The van der Waals surface area contributed by atoms with E-state index >= 15 is 0 Å². The van der Waals surface area contributed by atoms with E-state index in [4.69, 9.17) is 0 Å². The molecule has 1 aromatic heterocycles. The summed E-state index contributed by atoms with van der Waals surface area (Å²) in [6.07, 6.45) is 4.13. The molecule has 0 saturated carbocycles. The summed E-state index contributed by atoms with van der Waals surface area (Å²) in [6.45, 7) is 0.536. The number of rotatable bonds is 4. The number of hydrogen-bond donors (Lipinski definition) is 0. The molecule has 1 saturated heterocycles. The number of carbonyl (C=O) groups is 2. The first-order valence-electron chi connectivity index (χ1n) is 7.60. The van der Waals surface area contributed by atoms with Crippen molar-refractivity contribution in [1.82, 2.24) is 19.6 Å². The van der Waals surface area contributed by atoms with Crippen molar-refractivity contribution in [2.45, 2.75) is 19.0 Å². The predicted octanol–water partition coefficient (Wildman–Crippen LogP) is 0.832. The lowest BCUT2D eigenvalue weighted by Crippen LogP contribution is -2.59. The van der Waals surface area contributed by atoms with Gasteiger partial charge in [-0.3, -0.25) is 14.3 Å². The zero-order chi connectivity index (χ0) is 16.4. The molecule has 3 rings (SSSR count). The SMILES string of the molecule is CN1CC(=O)N(Cc2cnn(C)c2)[C@@H](Cc2ccccc2)C1=O. The van der Waals surface area contributed by atoms with Crippen molar-refractivity contribution in [1.29, 1.82) is 0 Å². The van der Waals surface area contributed by atoms with Gasteiger partial charge < -0.3 is 9.80 Å². The van der Waals surface area contributed by atoms with Crippen LogP contribution in [0.15, 0.2) is 42.7 Å². The van der Waals surface area contributed by atoms with Crippen LogP contribution in [0.2, 0.25) is 0 Å². The van der Waals surface area contributed by atoms with E-state index in [-0.39, 0.29) is 18.4 Å². The van der Waals surface area contributed by atoms with E-state index in [1.54, 1.807) is 22.8 Å². The molecule has 23 heavy (non-hydrogen) atoms. The van der Waals surface area contributed by atoms with Gasteiger partial charge >= 0.3 is 0 Å². The molecular weight excluding hydrogens is 292 g/mol. The van der Waals surface area contributed by atoms with Gasteiger partial charge in [0.15, 0.2) is 0 Å². The Morgan fingerprint density at radius 2 is 1.87 bits per heavy atom. The van der Waals surface area contributed by atoms with Crippen molar-refractivity contribution in [3.63, 3.8) is 0 Å². The van der Waals surface area contributed by atoms with Gasteiger partial charge in [0.05, 0.1) is 12.7 Å². The highest BCUT2D eigenvalue weighted by molar-refractivity contribution is 5.94. The van der Waals surface area contributed by atoms with Crippen LogP contribution in [0.4, 0.5) is 0 Å². The molecule has 120 valence electrons. The predicted molar refractivity (Wildman–Crippen MR) is 85.3 cm³/mol. The third kappa shape index (κ3) is 3.26. The zero-order valence-electron chi connectivity index (χ0n) is 13.3. The van der Waals surface area contributed by atoms with E-state index in [0.717, 1.165) is 11.1 Å². The molecule has 0 N–H and O–H groups in total. The van der Waals surface area contributed by atoms with Crippen LogP contribution in [0.3, 0.4) is 0 Å². The molecular formula is C17H20N4O2. The minimum absolute atomic E-state index is 0.0163. The van der Waals surface area contributed by atoms with Gasteiger partial charge in [-0.25, -0.2) is 0 Å². The number of aromatic nitrogens is 2. The Morgan fingerprint density at radius 1 is 1.13 bits per heavy atom. The second kappa shape index (κ2) is 6.24. The van der Waals surface area contributed by atoms with E-state index in [0.29, 0.717) is 13.0 Å². The van der Waals surface area contributed by atoms with E-state index in [1.807, 2.05) is 43.6 Å². The Hall–Kier alpha value is -2.63. The lowest BCUT2D eigenvalue weighted by atomic mass is 10.0. The zero-order valence-corrected chi connectivity index (χ0v) is 13.3. The molecule has 1 atom stereocenters. The largest absolute Gasteiger partial charge is 0.335 e. The van der Waals surface area contributed by atoms with Gasteiger partial charge in [-0.15, -0.1) is 0 Å². The molecule has 0 bridgehead atoms. The quantitative estimate of drug-likeness (QED) is 0.840. The Bertz CT molecular complexity index is 710. The average Bonchev–Trinajstić information content (AvgIpc) is 2.95. The van der Waals surface area contributed by atoms with Crippen LogP contribution >= 0.6 is 0 Å².